The molecule has 8 nitrogen and oxygen atoms in total. The highest BCUT2D eigenvalue weighted by Gasteiger charge is 2.10. The van der Waals surface area contributed by atoms with Crippen molar-refractivity contribution in [2.75, 3.05) is 11.9 Å². The average Bonchev–Trinajstić information content (AvgIpc) is 2.87. The van der Waals surface area contributed by atoms with Gasteiger partial charge in [0.1, 0.15) is 0 Å². The number of carbonyl (C=O) groups is 2. The summed E-state index contributed by atoms with van der Waals surface area (Å²) in [7, 11) is 0. The summed E-state index contributed by atoms with van der Waals surface area (Å²) in [4.78, 5) is 28.3. The maximum absolute atomic E-state index is 11.8. The van der Waals surface area contributed by atoms with Gasteiger partial charge in [-0.2, -0.15) is 9.90 Å². The van der Waals surface area contributed by atoms with Crippen molar-refractivity contribution in [1.82, 2.24) is 20.0 Å². The number of nitrogens with zero attached hydrogens (tertiary/aromatic N) is 4. The molecule has 0 saturated carbocycles. The molecule has 110 valence electrons. The van der Waals surface area contributed by atoms with Gasteiger partial charge in [-0.3, -0.25) is 9.78 Å². The molecule has 1 amide bonds. The van der Waals surface area contributed by atoms with Gasteiger partial charge in [-0.1, -0.05) is 6.07 Å². The minimum atomic E-state index is -0.431. The molecule has 0 atom stereocenters. The van der Waals surface area contributed by atoms with Crippen LogP contribution in [0.4, 0.5) is 5.82 Å². The smallest absolute Gasteiger partial charge is 0.329 e. The Morgan fingerprint density at radius 2 is 2.24 bits per heavy atom. The third kappa shape index (κ3) is 4.68. The molecule has 0 aliphatic rings. The van der Waals surface area contributed by atoms with Crippen LogP contribution < -0.4 is 5.32 Å². The molecule has 21 heavy (non-hydrogen) atoms. The molecule has 0 saturated heterocycles. The summed E-state index contributed by atoms with van der Waals surface area (Å²) < 4.78 is 4.78. The summed E-state index contributed by atoms with van der Waals surface area (Å²) in [6.07, 6.45) is 3.14. The standard InChI is InChI=1S/C13H15N5O3/c1-2-21-13(20)9-18-15-8-11(17-18)16-12(19)7-10-5-3-4-6-14-10/h3-6,8H,2,7,9H2,1H3,(H,16,17,19). The summed E-state index contributed by atoms with van der Waals surface area (Å²) in [5.74, 6) is -0.406. The molecule has 0 radical (unpaired) electrons. The zero-order chi connectivity index (χ0) is 15.1. The third-order valence-electron chi connectivity index (χ3n) is 2.45. The van der Waals surface area contributed by atoms with Crippen LogP contribution in [0.15, 0.2) is 30.6 Å². The second kappa shape index (κ2) is 7.13. The summed E-state index contributed by atoms with van der Waals surface area (Å²) in [5, 5.41) is 10.4. The Morgan fingerprint density at radius 1 is 1.38 bits per heavy atom. The van der Waals surface area contributed by atoms with Crippen molar-refractivity contribution >= 4 is 17.7 Å². The van der Waals surface area contributed by atoms with Crippen LogP contribution >= 0.6 is 0 Å². The van der Waals surface area contributed by atoms with Crippen LogP contribution in [0.5, 0.6) is 0 Å². The number of hydrogen-bond donors (Lipinski definition) is 1. The number of ether oxygens (including phenoxy) is 1. The van der Waals surface area contributed by atoms with Gasteiger partial charge < -0.3 is 10.1 Å². The van der Waals surface area contributed by atoms with Crippen molar-refractivity contribution in [3.63, 3.8) is 0 Å². The zero-order valence-electron chi connectivity index (χ0n) is 11.5. The van der Waals surface area contributed by atoms with Crippen molar-refractivity contribution in [3.05, 3.63) is 36.3 Å². The Morgan fingerprint density at radius 3 is 2.95 bits per heavy atom. The van der Waals surface area contributed by atoms with Crippen molar-refractivity contribution in [3.8, 4) is 0 Å². The lowest BCUT2D eigenvalue weighted by Crippen LogP contribution is -2.17. The topological polar surface area (TPSA) is 99.0 Å². The zero-order valence-corrected chi connectivity index (χ0v) is 11.5. The number of anilines is 1. The molecular formula is C13H15N5O3. The van der Waals surface area contributed by atoms with Crippen LogP contribution in [-0.2, 0) is 27.3 Å². The van der Waals surface area contributed by atoms with E-state index in [0.29, 0.717) is 12.3 Å². The molecule has 0 aliphatic carbocycles. The van der Waals surface area contributed by atoms with Gasteiger partial charge in [0.25, 0.3) is 0 Å². The Labute approximate surface area is 121 Å². The first-order valence-corrected chi connectivity index (χ1v) is 6.43. The maximum Gasteiger partial charge on any atom is 0.329 e. The highest BCUT2D eigenvalue weighted by Crippen LogP contribution is 2.02. The van der Waals surface area contributed by atoms with E-state index in [0.717, 1.165) is 4.80 Å². The fraction of sp³-hybridized carbons (Fsp3) is 0.308. The quantitative estimate of drug-likeness (QED) is 0.774. The van der Waals surface area contributed by atoms with Gasteiger partial charge in [0.2, 0.25) is 5.91 Å². The molecule has 0 spiro atoms. The van der Waals surface area contributed by atoms with Crippen LogP contribution in [0.3, 0.4) is 0 Å². The minimum absolute atomic E-state index is 0.0933. The number of rotatable bonds is 6. The lowest BCUT2D eigenvalue weighted by atomic mass is 10.2. The Hall–Kier alpha value is -2.77. The van der Waals surface area contributed by atoms with E-state index in [1.165, 1.54) is 6.20 Å². The van der Waals surface area contributed by atoms with Crippen LogP contribution in [0, 0.1) is 0 Å². The second-order valence-electron chi connectivity index (χ2n) is 4.11. The van der Waals surface area contributed by atoms with Crippen LogP contribution in [0.2, 0.25) is 0 Å². The van der Waals surface area contributed by atoms with E-state index in [1.54, 1.807) is 25.3 Å². The predicted octanol–water partition coefficient (Wildman–Crippen LogP) is 0.417. The largest absolute Gasteiger partial charge is 0.465 e. The van der Waals surface area contributed by atoms with E-state index in [4.69, 9.17) is 4.74 Å². The van der Waals surface area contributed by atoms with Crippen molar-refractivity contribution in [1.29, 1.82) is 0 Å². The van der Waals surface area contributed by atoms with Gasteiger partial charge in [0.15, 0.2) is 12.4 Å². The summed E-state index contributed by atoms with van der Waals surface area (Å²) >= 11 is 0. The molecule has 0 aromatic carbocycles. The van der Waals surface area contributed by atoms with Gasteiger partial charge in [0, 0.05) is 11.9 Å². The Balaban J connectivity index is 1.87. The molecule has 0 aliphatic heterocycles. The molecule has 0 bridgehead atoms. The fourth-order valence-corrected chi connectivity index (χ4v) is 1.61. The number of hydrogen-bond acceptors (Lipinski definition) is 6. The minimum Gasteiger partial charge on any atom is -0.465 e. The molecule has 1 N–H and O–H groups in total. The second-order valence-corrected chi connectivity index (χ2v) is 4.11. The number of carbonyl (C=O) groups excluding carboxylic acids is 2. The summed E-state index contributed by atoms with van der Waals surface area (Å²) in [6.45, 7) is 1.93. The molecule has 0 unspecified atom stereocenters. The summed E-state index contributed by atoms with van der Waals surface area (Å²) in [5.41, 5.74) is 0.661. The molecular weight excluding hydrogens is 274 g/mol. The van der Waals surface area contributed by atoms with Gasteiger partial charge in [-0.15, -0.1) is 5.10 Å². The predicted molar refractivity (Wildman–Crippen MR) is 73.2 cm³/mol. The lowest BCUT2D eigenvalue weighted by Gasteiger charge is -2.01. The highest BCUT2D eigenvalue weighted by molar-refractivity contribution is 5.90. The number of amides is 1. The number of aromatic nitrogens is 4. The molecule has 8 heteroatoms. The maximum atomic E-state index is 11.8. The van der Waals surface area contributed by atoms with Crippen LogP contribution in [-0.4, -0.2) is 38.5 Å². The summed E-state index contributed by atoms with van der Waals surface area (Å²) in [6, 6.07) is 5.35. The van der Waals surface area contributed by atoms with E-state index in [2.05, 4.69) is 20.5 Å². The number of nitrogens with one attached hydrogen (secondary N) is 1. The van der Waals surface area contributed by atoms with Gasteiger partial charge in [-0.05, 0) is 19.1 Å². The molecule has 2 aromatic heterocycles. The van der Waals surface area contributed by atoms with Crippen molar-refractivity contribution < 1.29 is 14.3 Å². The van der Waals surface area contributed by atoms with E-state index in [9.17, 15) is 9.59 Å². The Kier molecular flexibility index (Phi) is 4.97. The number of pyridine rings is 1. The normalized spacial score (nSPS) is 10.1. The molecule has 2 rings (SSSR count). The first-order valence-electron chi connectivity index (χ1n) is 6.43. The first kappa shape index (κ1) is 14.6. The monoisotopic (exact) mass is 289 g/mol. The van der Waals surface area contributed by atoms with E-state index in [1.807, 2.05) is 6.07 Å². The molecule has 2 aromatic rings. The van der Waals surface area contributed by atoms with Crippen molar-refractivity contribution in [2.24, 2.45) is 0 Å². The van der Waals surface area contributed by atoms with Gasteiger partial charge >= 0.3 is 5.97 Å². The molecule has 0 fully saturated rings. The Bertz CT molecular complexity index is 611. The van der Waals surface area contributed by atoms with E-state index < -0.39 is 5.97 Å². The third-order valence-corrected chi connectivity index (χ3v) is 2.45. The molecule has 2 heterocycles. The SMILES string of the molecule is CCOC(=O)Cn1ncc(NC(=O)Cc2ccccn2)n1. The lowest BCUT2D eigenvalue weighted by molar-refractivity contribution is -0.144. The fourth-order valence-electron chi connectivity index (χ4n) is 1.61. The number of esters is 1. The van der Waals surface area contributed by atoms with E-state index in [-0.39, 0.29) is 24.7 Å². The van der Waals surface area contributed by atoms with Crippen LogP contribution in [0.1, 0.15) is 12.6 Å². The van der Waals surface area contributed by atoms with Gasteiger partial charge in [-0.25, -0.2) is 4.79 Å². The highest BCUT2D eigenvalue weighted by atomic mass is 16.5. The van der Waals surface area contributed by atoms with E-state index >= 15 is 0 Å². The first-order chi connectivity index (χ1) is 10.2. The average molecular weight is 289 g/mol. The van der Waals surface area contributed by atoms with Crippen molar-refractivity contribution in [2.45, 2.75) is 19.9 Å². The van der Waals surface area contributed by atoms with Crippen LogP contribution in [0.25, 0.3) is 0 Å². The van der Waals surface area contributed by atoms with Gasteiger partial charge in [0.05, 0.1) is 19.2 Å².